The summed E-state index contributed by atoms with van der Waals surface area (Å²) in [6.07, 6.45) is 2.09. The number of sulfonamides is 1. The van der Waals surface area contributed by atoms with Gasteiger partial charge in [-0.05, 0) is 58.4 Å². The van der Waals surface area contributed by atoms with Crippen LogP contribution < -0.4 is 9.46 Å². The summed E-state index contributed by atoms with van der Waals surface area (Å²) in [5.41, 5.74) is 3.72. The monoisotopic (exact) mass is 538 g/mol. The van der Waals surface area contributed by atoms with Gasteiger partial charge in [0.15, 0.2) is 5.82 Å². The summed E-state index contributed by atoms with van der Waals surface area (Å²) >= 11 is 0. The topological polar surface area (TPSA) is 75.7 Å². The molecule has 0 fully saturated rings. The third-order valence-electron chi connectivity index (χ3n) is 6.69. The van der Waals surface area contributed by atoms with Gasteiger partial charge in [0.2, 0.25) is 5.91 Å². The number of fused-ring (bicyclic) bond motifs is 1. The molecule has 3 aromatic carbocycles. The maximum atomic E-state index is 14.6. The predicted molar refractivity (Wildman–Crippen MR) is 147 cm³/mol. The number of nitrogens with zero attached hydrogens (tertiary/aromatic N) is 1. The van der Waals surface area contributed by atoms with E-state index in [1.165, 1.54) is 23.8 Å². The first kappa shape index (κ1) is 27.6. The van der Waals surface area contributed by atoms with Crippen molar-refractivity contribution >= 4 is 21.6 Å². The quantitative estimate of drug-likeness (QED) is 0.330. The van der Waals surface area contributed by atoms with Gasteiger partial charge in [-0.25, -0.2) is 12.8 Å². The highest BCUT2D eigenvalue weighted by molar-refractivity contribution is 7.92. The normalized spacial score (nSPS) is 13.3. The molecule has 1 N–H and O–H groups in total. The van der Waals surface area contributed by atoms with E-state index in [0.29, 0.717) is 25.4 Å². The number of unbranched alkanes of at least 4 members (excludes halogenated alkanes) is 1. The molecule has 0 atom stereocenters. The van der Waals surface area contributed by atoms with E-state index in [-0.39, 0.29) is 28.3 Å². The maximum absolute atomic E-state index is 14.6. The zero-order valence-corrected chi connectivity index (χ0v) is 23.2. The molecule has 0 unspecified atom stereocenters. The molecule has 1 amide bonds. The van der Waals surface area contributed by atoms with Gasteiger partial charge in [0.1, 0.15) is 5.75 Å². The van der Waals surface area contributed by atoms with E-state index in [1.807, 2.05) is 19.1 Å². The number of hydrogen-bond donors (Lipinski definition) is 1. The molecule has 1 heterocycles. The first-order valence-electron chi connectivity index (χ1n) is 12.9. The molecule has 0 aliphatic carbocycles. The Morgan fingerprint density at radius 2 is 1.71 bits per heavy atom. The lowest BCUT2D eigenvalue weighted by molar-refractivity contribution is -0.131. The van der Waals surface area contributed by atoms with Gasteiger partial charge in [-0.2, -0.15) is 0 Å². The van der Waals surface area contributed by atoms with E-state index >= 15 is 0 Å². The van der Waals surface area contributed by atoms with Crippen LogP contribution in [0.1, 0.15) is 62.8 Å². The number of carbonyl (C=O) groups excluding carboxylic acids is 1. The summed E-state index contributed by atoms with van der Waals surface area (Å²) < 4.78 is 48.4. The number of amides is 1. The number of halogens is 1. The molecule has 202 valence electrons. The SMILES string of the molecule is CCCCOc1ccc(NS(=O)(=O)c2ccc3c(c2)CN(C(=O)Cc2ccc(C(C)(C)C)cc2)C3)c(F)c1. The highest BCUT2D eigenvalue weighted by atomic mass is 32.2. The van der Waals surface area contributed by atoms with E-state index < -0.39 is 15.8 Å². The van der Waals surface area contributed by atoms with E-state index in [4.69, 9.17) is 4.74 Å². The van der Waals surface area contributed by atoms with Crippen LogP contribution in [0.5, 0.6) is 5.75 Å². The molecule has 6 nitrogen and oxygen atoms in total. The van der Waals surface area contributed by atoms with Crippen molar-refractivity contribution in [2.75, 3.05) is 11.3 Å². The Balaban J connectivity index is 1.41. The van der Waals surface area contributed by atoms with Crippen molar-refractivity contribution in [3.63, 3.8) is 0 Å². The van der Waals surface area contributed by atoms with Crippen LogP contribution in [0.3, 0.4) is 0 Å². The van der Waals surface area contributed by atoms with Crippen LogP contribution in [0.4, 0.5) is 10.1 Å². The van der Waals surface area contributed by atoms with E-state index in [9.17, 15) is 17.6 Å². The van der Waals surface area contributed by atoms with Crippen LogP contribution in [0.15, 0.2) is 65.6 Å². The number of nitrogens with one attached hydrogen (secondary N) is 1. The first-order chi connectivity index (χ1) is 18.0. The van der Waals surface area contributed by atoms with Crippen molar-refractivity contribution in [1.82, 2.24) is 4.90 Å². The number of benzene rings is 3. The van der Waals surface area contributed by atoms with Gasteiger partial charge >= 0.3 is 0 Å². The largest absolute Gasteiger partial charge is 0.493 e. The summed E-state index contributed by atoms with van der Waals surface area (Å²) in [6.45, 7) is 9.70. The Kier molecular flexibility index (Phi) is 8.11. The highest BCUT2D eigenvalue weighted by Crippen LogP contribution is 2.29. The molecule has 1 aliphatic rings. The fraction of sp³-hybridized carbons (Fsp3) is 0.367. The lowest BCUT2D eigenvalue weighted by atomic mass is 9.86. The van der Waals surface area contributed by atoms with Crippen LogP contribution in [0, 0.1) is 5.82 Å². The summed E-state index contributed by atoms with van der Waals surface area (Å²) in [5.74, 6) is -0.377. The molecule has 8 heteroatoms. The molecule has 0 bridgehead atoms. The lowest BCUT2D eigenvalue weighted by Crippen LogP contribution is -2.26. The molecule has 0 saturated carbocycles. The predicted octanol–water partition coefficient (Wildman–Crippen LogP) is 6.19. The van der Waals surface area contributed by atoms with Gasteiger partial charge in [0, 0.05) is 19.2 Å². The van der Waals surface area contributed by atoms with Gasteiger partial charge in [-0.1, -0.05) is 64.4 Å². The van der Waals surface area contributed by atoms with Gasteiger partial charge < -0.3 is 9.64 Å². The van der Waals surface area contributed by atoms with Crippen molar-refractivity contribution in [2.45, 2.75) is 70.4 Å². The van der Waals surface area contributed by atoms with Crippen molar-refractivity contribution in [3.05, 3.63) is 88.7 Å². The number of ether oxygens (including phenoxy) is 1. The van der Waals surface area contributed by atoms with Gasteiger partial charge in [-0.3, -0.25) is 9.52 Å². The van der Waals surface area contributed by atoms with Gasteiger partial charge in [-0.15, -0.1) is 0 Å². The Morgan fingerprint density at radius 3 is 2.37 bits per heavy atom. The number of anilines is 1. The lowest BCUT2D eigenvalue weighted by Gasteiger charge is -2.19. The minimum atomic E-state index is -4.03. The summed E-state index contributed by atoms with van der Waals surface area (Å²) in [4.78, 5) is 14.7. The number of hydrogen-bond acceptors (Lipinski definition) is 4. The third-order valence-corrected chi connectivity index (χ3v) is 8.05. The van der Waals surface area contributed by atoms with Crippen molar-refractivity contribution in [3.8, 4) is 5.75 Å². The minimum absolute atomic E-state index is 0.0180. The van der Waals surface area contributed by atoms with Gasteiger partial charge in [0.05, 0.1) is 23.6 Å². The Labute approximate surface area is 224 Å². The van der Waals surface area contributed by atoms with Crippen LogP contribution in [-0.4, -0.2) is 25.8 Å². The molecule has 0 saturated heterocycles. The first-order valence-corrected chi connectivity index (χ1v) is 14.4. The van der Waals surface area contributed by atoms with Crippen LogP contribution in [0.2, 0.25) is 0 Å². The summed E-state index contributed by atoms with van der Waals surface area (Å²) in [6, 6.07) is 16.9. The van der Waals surface area contributed by atoms with Crippen LogP contribution >= 0.6 is 0 Å². The summed E-state index contributed by atoms with van der Waals surface area (Å²) in [5, 5.41) is 0. The summed E-state index contributed by atoms with van der Waals surface area (Å²) in [7, 11) is -4.03. The molecule has 4 rings (SSSR count). The molecular weight excluding hydrogens is 503 g/mol. The Bertz CT molecular complexity index is 1410. The van der Waals surface area contributed by atoms with E-state index in [1.54, 1.807) is 23.1 Å². The average molecular weight is 539 g/mol. The number of rotatable bonds is 9. The second-order valence-electron chi connectivity index (χ2n) is 10.8. The zero-order chi connectivity index (χ0) is 27.5. The highest BCUT2D eigenvalue weighted by Gasteiger charge is 2.26. The van der Waals surface area contributed by atoms with E-state index in [2.05, 4.69) is 37.6 Å². The fourth-order valence-electron chi connectivity index (χ4n) is 4.33. The fourth-order valence-corrected chi connectivity index (χ4v) is 5.45. The maximum Gasteiger partial charge on any atom is 0.261 e. The second-order valence-corrected chi connectivity index (χ2v) is 12.4. The molecule has 0 radical (unpaired) electrons. The van der Waals surface area contributed by atoms with Crippen LogP contribution in [-0.2, 0) is 39.7 Å². The molecule has 1 aliphatic heterocycles. The average Bonchev–Trinajstić information content (AvgIpc) is 3.29. The third kappa shape index (κ3) is 6.54. The van der Waals surface area contributed by atoms with Crippen molar-refractivity contribution < 1.29 is 22.3 Å². The Hall–Kier alpha value is -3.39. The van der Waals surface area contributed by atoms with Crippen molar-refractivity contribution in [2.24, 2.45) is 0 Å². The Morgan fingerprint density at radius 1 is 1.00 bits per heavy atom. The van der Waals surface area contributed by atoms with E-state index in [0.717, 1.165) is 29.5 Å². The van der Waals surface area contributed by atoms with Gasteiger partial charge in [0.25, 0.3) is 10.0 Å². The molecule has 0 aromatic heterocycles. The van der Waals surface area contributed by atoms with Crippen LogP contribution in [0.25, 0.3) is 0 Å². The smallest absolute Gasteiger partial charge is 0.261 e. The van der Waals surface area contributed by atoms with Crippen molar-refractivity contribution in [1.29, 1.82) is 0 Å². The molecule has 3 aromatic rings. The molecular formula is C30H35FN2O4S. The second kappa shape index (κ2) is 11.2. The number of carbonyl (C=O) groups is 1. The molecule has 0 spiro atoms. The zero-order valence-electron chi connectivity index (χ0n) is 22.4. The minimum Gasteiger partial charge on any atom is -0.493 e. The molecule has 38 heavy (non-hydrogen) atoms. The standard InChI is InChI=1S/C30H35FN2O4S/c1-5-6-15-37-25-12-14-28(27(31)18-25)32-38(35,36)26-13-9-22-19-33(20-23(22)17-26)29(34)16-21-7-10-24(11-8-21)30(2,3)4/h7-14,17-18,32H,5-6,15-16,19-20H2,1-4H3.